The van der Waals surface area contributed by atoms with Crippen molar-refractivity contribution in [2.75, 3.05) is 45.1 Å². The normalized spacial score (nSPS) is 15.7. The Morgan fingerprint density at radius 2 is 2.00 bits per heavy atom. The highest BCUT2D eigenvalue weighted by Crippen LogP contribution is 2.13. The zero-order valence-electron chi connectivity index (χ0n) is 17.7. The van der Waals surface area contributed by atoms with Gasteiger partial charge in [-0.25, -0.2) is 8.42 Å². The monoisotopic (exact) mass is 448 g/mol. The van der Waals surface area contributed by atoms with Gasteiger partial charge in [0.1, 0.15) is 12.0 Å². The van der Waals surface area contributed by atoms with Crippen molar-refractivity contribution in [3.8, 4) is 0 Å². The third-order valence-corrected chi connectivity index (χ3v) is 6.80. The molecule has 11 heteroatoms. The number of aryl methyl sites for hydroxylation is 1. The fourth-order valence-electron chi connectivity index (χ4n) is 3.33. The van der Waals surface area contributed by atoms with Gasteiger partial charge in [0.2, 0.25) is 15.9 Å². The van der Waals surface area contributed by atoms with Crippen LogP contribution in [0.2, 0.25) is 0 Å². The summed E-state index contributed by atoms with van der Waals surface area (Å²) in [6.45, 7) is 3.73. The number of anilines is 1. The minimum Gasteiger partial charge on any atom is -0.364 e. The largest absolute Gasteiger partial charge is 0.364 e. The van der Waals surface area contributed by atoms with E-state index in [1.54, 1.807) is 13.1 Å². The van der Waals surface area contributed by atoms with Crippen molar-refractivity contribution in [1.29, 1.82) is 0 Å². The molecule has 3 rings (SSSR count). The van der Waals surface area contributed by atoms with Gasteiger partial charge in [-0.15, -0.1) is 0 Å². The Labute approximate surface area is 182 Å². The summed E-state index contributed by atoms with van der Waals surface area (Å²) in [5.74, 6) is 0.199. The first-order valence-electron chi connectivity index (χ1n) is 10.1. The average Bonchev–Trinajstić information content (AvgIpc) is 3.27. The Balaban J connectivity index is 1.48. The van der Waals surface area contributed by atoms with E-state index in [2.05, 4.69) is 27.7 Å². The van der Waals surface area contributed by atoms with E-state index in [9.17, 15) is 13.2 Å². The SMILES string of the molecule is CCc1cccc(NC(=O)CNC(=NC)N2CCN(S(=O)(=O)Cc3ccon3)CC2)c1. The molecule has 168 valence electrons. The van der Waals surface area contributed by atoms with E-state index in [1.165, 1.54) is 10.6 Å². The zero-order chi connectivity index (χ0) is 22.3. The van der Waals surface area contributed by atoms with Crippen LogP contribution < -0.4 is 10.6 Å². The fraction of sp³-hybridized carbons (Fsp3) is 0.450. The predicted octanol–water partition coefficient (Wildman–Crippen LogP) is 0.899. The maximum atomic E-state index is 12.6. The van der Waals surface area contributed by atoms with E-state index in [1.807, 2.05) is 29.2 Å². The summed E-state index contributed by atoms with van der Waals surface area (Å²) in [4.78, 5) is 18.5. The number of carbonyl (C=O) groups is 1. The number of benzene rings is 1. The van der Waals surface area contributed by atoms with Gasteiger partial charge >= 0.3 is 0 Å². The summed E-state index contributed by atoms with van der Waals surface area (Å²) in [5, 5.41) is 9.60. The molecule has 1 aliphatic heterocycles. The number of nitrogens with one attached hydrogen (secondary N) is 2. The lowest BCUT2D eigenvalue weighted by atomic mass is 10.1. The number of guanidine groups is 1. The Kier molecular flexibility index (Phi) is 7.64. The third kappa shape index (κ3) is 6.28. The highest BCUT2D eigenvalue weighted by atomic mass is 32.2. The molecule has 31 heavy (non-hydrogen) atoms. The summed E-state index contributed by atoms with van der Waals surface area (Å²) < 4.78 is 31.3. The van der Waals surface area contributed by atoms with Crippen LogP contribution in [0.25, 0.3) is 0 Å². The number of hydrogen-bond acceptors (Lipinski definition) is 6. The number of carbonyl (C=O) groups excluding carboxylic acids is 1. The topological polar surface area (TPSA) is 120 Å². The molecule has 1 aliphatic rings. The molecule has 2 heterocycles. The molecule has 0 bridgehead atoms. The second-order valence-corrected chi connectivity index (χ2v) is 9.10. The van der Waals surface area contributed by atoms with Gasteiger partial charge in [-0.1, -0.05) is 24.2 Å². The van der Waals surface area contributed by atoms with Crippen LogP contribution in [0, 0.1) is 0 Å². The quantitative estimate of drug-likeness (QED) is 0.477. The summed E-state index contributed by atoms with van der Waals surface area (Å²) >= 11 is 0. The molecule has 2 N–H and O–H groups in total. The minimum atomic E-state index is -3.47. The van der Waals surface area contributed by atoms with E-state index >= 15 is 0 Å². The molecule has 1 aromatic heterocycles. The third-order valence-electron chi connectivity index (χ3n) is 4.99. The highest BCUT2D eigenvalue weighted by molar-refractivity contribution is 7.88. The van der Waals surface area contributed by atoms with Crippen molar-refractivity contribution in [3.63, 3.8) is 0 Å². The molecule has 0 radical (unpaired) electrons. The molecule has 0 aliphatic carbocycles. The first-order chi connectivity index (χ1) is 14.9. The number of hydrogen-bond donors (Lipinski definition) is 2. The van der Waals surface area contributed by atoms with Gasteiger partial charge in [-0.05, 0) is 24.1 Å². The van der Waals surface area contributed by atoms with E-state index in [-0.39, 0.29) is 18.2 Å². The molecule has 0 unspecified atom stereocenters. The summed E-state index contributed by atoms with van der Waals surface area (Å²) in [6, 6.07) is 9.28. The maximum Gasteiger partial charge on any atom is 0.243 e. The Morgan fingerprint density at radius 1 is 1.23 bits per heavy atom. The lowest BCUT2D eigenvalue weighted by Gasteiger charge is -2.35. The molecular weight excluding hydrogens is 420 g/mol. The van der Waals surface area contributed by atoms with Crippen LogP contribution in [0.15, 0.2) is 46.1 Å². The molecule has 1 fully saturated rings. The first-order valence-corrected chi connectivity index (χ1v) is 11.7. The fourth-order valence-corrected chi connectivity index (χ4v) is 4.76. The van der Waals surface area contributed by atoms with E-state index in [4.69, 9.17) is 4.52 Å². The minimum absolute atomic E-state index is 0.0632. The van der Waals surface area contributed by atoms with Crippen molar-refractivity contribution >= 4 is 27.6 Å². The molecule has 10 nitrogen and oxygen atoms in total. The van der Waals surface area contributed by atoms with Crippen molar-refractivity contribution in [2.24, 2.45) is 4.99 Å². The molecule has 0 saturated carbocycles. The van der Waals surface area contributed by atoms with Crippen LogP contribution in [0.5, 0.6) is 0 Å². The number of aliphatic imine (C=N–C) groups is 1. The summed E-state index contributed by atoms with van der Waals surface area (Å²) in [6.07, 6.45) is 2.25. The molecule has 1 amide bonds. The van der Waals surface area contributed by atoms with Crippen molar-refractivity contribution in [2.45, 2.75) is 19.1 Å². The molecule has 0 spiro atoms. The molecule has 2 aromatic rings. The number of rotatable bonds is 7. The van der Waals surface area contributed by atoms with Crippen LogP contribution in [-0.4, -0.2) is 74.4 Å². The molecule has 1 saturated heterocycles. The van der Waals surface area contributed by atoms with Gasteiger partial charge in [0.05, 0.1) is 12.2 Å². The molecule has 1 aromatic carbocycles. The van der Waals surface area contributed by atoms with Gasteiger partial charge in [-0.2, -0.15) is 4.31 Å². The number of nitrogens with zero attached hydrogens (tertiary/aromatic N) is 4. The summed E-state index contributed by atoms with van der Waals surface area (Å²) in [7, 11) is -1.83. The maximum absolute atomic E-state index is 12.6. The van der Waals surface area contributed by atoms with Crippen LogP contribution >= 0.6 is 0 Å². The standard InChI is InChI=1S/C20H28N6O4S/c1-3-16-5-4-6-17(13-16)23-19(27)14-22-20(21-2)25-8-10-26(11-9-25)31(28,29)15-18-7-12-30-24-18/h4-7,12-13H,3,8-11,14-15H2,1-2H3,(H,21,22)(H,23,27). The van der Waals surface area contributed by atoms with Crippen LogP contribution in [0.4, 0.5) is 5.69 Å². The van der Waals surface area contributed by atoms with Gasteiger partial charge in [0.15, 0.2) is 5.96 Å². The van der Waals surface area contributed by atoms with E-state index < -0.39 is 10.0 Å². The lowest BCUT2D eigenvalue weighted by molar-refractivity contribution is -0.115. The smallest absolute Gasteiger partial charge is 0.243 e. The zero-order valence-corrected chi connectivity index (χ0v) is 18.6. The average molecular weight is 449 g/mol. The number of sulfonamides is 1. The first kappa shape index (κ1) is 22.8. The van der Waals surface area contributed by atoms with Crippen molar-refractivity contribution < 1.29 is 17.7 Å². The van der Waals surface area contributed by atoms with E-state index in [0.29, 0.717) is 37.8 Å². The predicted molar refractivity (Wildman–Crippen MR) is 118 cm³/mol. The second-order valence-electron chi connectivity index (χ2n) is 7.14. The van der Waals surface area contributed by atoms with Crippen LogP contribution in [0.1, 0.15) is 18.2 Å². The molecule has 0 atom stereocenters. The summed E-state index contributed by atoms with van der Waals surface area (Å²) in [5.41, 5.74) is 2.29. The van der Waals surface area contributed by atoms with Crippen LogP contribution in [-0.2, 0) is 27.0 Å². The number of piperazine rings is 1. The van der Waals surface area contributed by atoms with Gasteiger partial charge < -0.3 is 20.1 Å². The van der Waals surface area contributed by atoms with Crippen molar-refractivity contribution in [3.05, 3.63) is 47.9 Å². The Hall–Kier alpha value is -2.92. The Morgan fingerprint density at radius 3 is 2.65 bits per heavy atom. The van der Waals surface area contributed by atoms with Crippen LogP contribution in [0.3, 0.4) is 0 Å². The molecular formula is C20H28N6O4S. The number of amides is 1. The Bertz CT molecular complexity index is 998. The lowest BCUT2D eigenvalue weighted by Crippen LogP contribution is -2.54. The van der Waals surface area contributed by atoms with E-state index in [0.717, 1.165) is 17.7 Å². The highest BCUT2D eigenvalue weighted by Gasteiger charge is 2.29. The van der Waals surface area contributed by atoms with Gasteiger partial charge in [0, 0.05) is 45.0 Å². The second kappa shape index (κ2) is 10.4. The van der Waals surface area contributed by atoms with Crippen molar-refractivity contribution in [1.82, 2.24) is 19.7 Å². The van der Waals surface area contributed by atoms with Gasteiger partial charge in [-0.3, -0.25) is 9.79 Å². The number of aromatic nitrogens is 1. The van der Waals surface area contributed by atoms with Gasteiger partial charge in [0.25, 0.3) is 0 Å².